The molecule has 0 atom stereocenters. The second kappa shape index (κ2) is 5.10. The lowest BCUT2D eigenvalue weighted by atomic mass is 10.1. The number of hydrogen-bond donors (Lipinski definition) is 1. The van der Waals surface area contributed by atoms with Gasteiger partial charge in [-0.25, -0.2) is 4.98 Å². The van der Waals surface area contributed by atoms with Gasteiger partial charge in [0.1, 0.15) is 0 Å². The van der Waals surface area contributed by atoms with E-state index in [0.717, 1.165) is 11.3 Å². The van der Waals surface area contributed by atoms with Crippen molar-refractivity contribution in [1.29, 1.82) is 0 Å². The first-order chi connectivity index (χ1) is 10.1. The van der Waals surface area contributed by atoms with E-state index in [0.29, 0.717) is 5.56 Å². The van der Waals surface area contributed by atoms with E-state index >= 15 is 0 Å². The first kappa shape index (κ1) is 12.9. The summed E-state index contributed by atoms with van der Waals surface area (Å²) in [5, 5.41) is 9.48. The Kier molecular flexibility index (Phi) is 3.13. The summed E-state index contributed by atoms with van der Waals surface area (Å²) in [5.74, 6) is -1.04. The van der Waals surface area contributed by atoms with E-state index in [-0.39, 0.29) is 5.75 Å². The van der Waals surface area contributed by atoms with Crippen LogP contribution in [0.5, 0.6) is 5.75 Å². The largest absolute Gasteiger partial charge is 0.503 e. The molecular formula is C16H9FN2O2. The van der Waals surface area contributed by atoms with Gasteiger partial charge in [-0.3, -0.25) is 4.79 Å². The summed E-state index contributed by atoms with van der Waals surface area (Å²) < 4.78 is 14.4. The van der Waals surface area contributed by atoms with E-state index in [1.807, 2.05) is 18.2 Å². The summed E-state index contributed by atoms with van der Waals surface area (Å²) >= 11 is 0. The molecule has 2 heterocycles. The smallest absolute Gasteiger partial charge is 0.264 e. The van der Waals surface area contributed by atoms with Gasteiger partial charge < -0.3 is 9.67 Å². The molecule has 0 bridgehead atoms. The lowest BCUT2D eigenvalue weighted by molar-refractivity contribution is 0.465. The monoisotopic (exact) mass is 280 g/mol. The van der Waals surface area contributed by atoms with E-state index in [1.165, 1.54) is 18.5 Å². The molecule has 0 aliphatic rings. The van der Waals surface area contributed by atoms with Crippen LogP contribution in [0.15, 0.2) is 53.7 Å². The van der Waals surface area contributed by atoms with Gasteiger partial charge in [-0.15, -0.1) is 0 Å². The Hall–Kier alpha value is -3.13. The predicted molar refractivity (Wildman–Crippen MR) is 74.6 cm³/mol. The molecule has 0 aliphatic carbocycles. The molecule has 2 aromatic heterocycles. The highest BCUT2D eigenvalue weighted by Crippen LogP contribution is 2.20. The van der Waals surface area contributed by atoms with Gasteiger partial charge in [-0.05, 0) is 23.8 Å². The fourth-order valence-electron chi connectivity index (χ4n) is 1.92. The summed E-state index contributed by atoms with van der Waals surface area (Å²) in [4.78, 5) is 14.7. The number of aromatic hydroxyl groups is 1. The number of pyridine rings is 1. The van der Waals surface area contributed by atoms with E-state index < -0.39 is 11.4 Å². The quantitative estimate of drug-likeness (QED) is 0.784. The summed E-state index contributed by atoms with van der Waals surface area (Å²) in [6.45, 7) is 0. The van der Waals surface area contributed by atoms with Gasteiger partial charge in [-0.2, -0.15) is 4.39 Å². The maximum absolute atomic E-state index is 12.8. The molecule has 5 heteroatoms. The molecule has 1 N–H and O–H groups in total. The Morgan fingerprint density at radius 3 is 2.81 bits per heavy atom. The molecule has 0 saturated heterocycles. The highest BCUT2D eigenvalue weighted by atomic mass is 19.1. The van der Waals surface area contributed by atoms with Gasteiger partial charge in [0.05, 0.1) is 11.8 Å². The van der Waals surface area contributed by atoms with Crippen molar-refractivity contribution in [2.75, 3.05) is 0 Å². The maximum atomic E-state index is 12.8. The maximum Gasteiger partial charge on any atom is 0.264 e. The van der Waals surface area contributed by atoms with Crippen molar-refractivity contribution in [3.05, 3.63) is 77.2 Å². The van der Waals surface area contributed by atoms with Crippen molar-refractivity contribution < 1.29 is 9.50 Å². The number of halogens is 1. The fraction of sp³-hybridized carbons (Fsp3) is 0. The van der Waals surface area contributed by atoms with Crippen molar-refractivity contribution in [1.82, 2.24) is 9.55 Å². The van der Waals surface area contributed by atoms with Gasteiger partial charge in [-0.1, -0.05) is 18.2 Å². The summed E-state index contributed by atoms with van der Waals surface area (Å²) in [6.07, 6.45) is 4.26. The molecule has 0 radical (unpaired) electrons. The Balaban J connectivity index is 2.05. The third-order valence-corrected chi connectivity index (χ3v) is 2.96. The van der Waals surface area contributed by atoms with Crippen LogP contribution in [0.2, 0.25) is 0 Å². The molecule has 0 fully saturated rings. The van der Waals surface area contributed by atoms with Gasteiger partial charge in [0.15, 0.2) is 5.75 Å². The van der Waals surface area contributed by atoms with Gasteiger partial charge in [0.2, 0.25) is 5.43 Å². The molecule has 21 heavy (non-hydrogen) atoms. The van der Waals surface area contributed by atoms with Crippen molar-refractivity contribution in [3.63, 3.8) is 0 Å². The Labute approximate surface area is 119 Å². The summed E-state index contributed by atoms with van der Waals surface area (Å²) in [5.41, 5.74) is 1.67. The molecule has 0 unspecified atom stereocenters. The Morgan fingerprint density at radius 2 is 2.10 bits per heavy atom. The number of hydrogen-bond acceptors (Lipinski definition) is 3. The minimum Gasteiger partial charge on any atom is -0.503 e. The van der Waals surface area contributed by atoms with E-state index in [2.05, 4.69) is 17.1 Å². The molecule has 4 nitrogen and oxygen atoms in total. The van der Waals surface area contributed by atoms with Crippen LogP contribution in [0.3, 0.4) is 0 Å². The van der Waals surface area contributed by atoms with Crippen LogP contribution >= 0.6 is 0 Å². The standard InChI is InChI=1S/C16H9FN2O2/c17-16-5-4-12(9-18-16)11-2-1-3-13(8-11)19-7-6-14(20)15(21)10-19/h1-3,6-10,21H. The van der Waals surface area contributed by atoms with Crippen LogP contribution in [-0.4, -0.2) is 14.7 Å². The molecule has 0 saturated carbocycles. The summed E-state index contributed by atoms with van der Waals surface area (Å²) in [6, 6.07) is 13.5. The predicted octanol–water partition coefficient (Wildman–Crippen LogP) is 2.34. The Bertz CT molecular complexity index is 841. The molecule has 0 amide bonds. The first-order valence-electron chi connectivity index (χ1n) is 6.11. The van der Waals surface area contributed by atoms with Crippen LogP contribution < -0.4 is 5.43 Å². The minimum absolute atomic E-state index is 0.328. The molecule has 1 aromatic carbocycles. The van der Waals surface area contributed by atoms with Crippen LogP contribution in [0, 0.1) is 18.1 Å². The number of aromatic nitrogens is 2. The second-order valence-electron chi connectivity index (χ2n) is 4.36. The highest BCUT2D eigenvalue weighted by Gasteiger charge is 2.03. The fourth-order valence-corrected chi connectivity index (χ4v) is 1.92. The third-order valence-electron chi connectivity index (χ3n) is 2.96. The third kappa shape index (κ3) is 2.60. The van der Waals surface area contributed by atoms with E-state index in [1.54, 1.807) is 16.8 Å². The average molecular weight is 280 g/mol. The SMILES string of the molecule is O=c1ccn(-c2cccc(-c3c#cc(F)nc3)c2)cc1O. The zero-order chi connectivity index (χ0) is 14.8. The lowest BCUT2D eigenvalue weighted by Gasteiger charge is -2.08. The van der Waals surface area contributed by atoms with Crippen molar-refractivity contribution in [2.24, 2.45) is 0 Å². The van der Waals surface area contributed by atoms with E-state index in [9.17, 15) is 14.3 Å². The highest BCUT2D eigenvalue weighted by molar-refractivity contribution is 5.63. The summed E-state index contributed by atoms with van der Waals surface area (Å²) in [7, 11) is 0. The second-order valence-corrected chi connectivity index (χ2v) is 4.36. The van der Waals surface area contributed by atoms with E-state index in [4.69, 9.17) is 0 Å². The first-order valence-corrected chi connectivity index (χ1v) is 6.11. The lowest BCUT2D eigenvalue weighted by Crippen LogP contribution is -2.03. The van der Waals surface area contributed by atoms with Crippen molar-refractivity contribution in [2.45, 2.75) is 0 Å². The van der Waals surface area contributed by atoms with Crippen molar-refractivity contribution in [3.8, 4) is 22.6 Å². The van der Waals surface area contributed by atoms with Gasteiger partial charge in [0, 0.05) is 24.1 Å². The zero-order valence-corrected chi connectivity index (χ0v) is 10.7. The zero-order valence-electron chi connectivity index (χ0n) is 10.7. The van der Waals surface area contributed by atoms with Crippen LogP contribution in [0.1, 0.15) is 0 Å². The molecular weight excluding hydrogens is 271 g/mol. The van der Waals surface area contributed by atoms with Gasteiger partial charge >= 0.3 is 0 Å². The van der Waals surface area contributed by atoms with Crippen molar-refractivity contribution >= 4 is 0 Å². The molecule has 3 rings (SSSR count). The topological polar surface area (TPSA) is 55.1 Å². The molecule has 0 spiro atoms. The van der Waals surface area contributed by atoms with Gasteiger partial charge in [0.25, 0.3) is 5.95 Å². The normalized spacial score (nSPS) is 10.1. The number of nitrogens with zero attached hydrogens (tertiary/aromatic N) is 2. The number of rotatable bonds is 2. The van der Waals surface area contributed by atoms with Crippen LogP contribution in [0.4, 0.5) is 4.39 Å². The molecule has 0 aliphatic heterocycles. The van der Waals surface area contributed by atoms with Crippen LogP contribution in [0.25, 0.3) is 16.8 Å². The Morgan fingerprint density at radius 1 is 1.24 bits per heavy atom. The number of benzene rings is 1. The molecule has 3 aromatic rings. The van der Waals surface area contributed by atoms with Crippen LogP contribution in [-0.2, 0) is 0 Å². The average Bonchev–Trinajstić information content (AvgIpc) is 2.51. The molecule has 102 valence electrons. The minimum atomic E-state index is -0.708.